The Bertz CT molecular complexity index is 384. The van der Waals surface area contributed by atoms with E-state index in [4.69, 9.17) is 4.74 Å². The van der Waals surface area contributed by atoms with Crippen molar-refractivity contribution in [2.75, 3.05) is 31.7 Å². The summed E-state index contributed by atoms with van der Waals surface area (Å²) >= 11 is 0. The van der Waals surface area contributed by atoms with Gasteiger partial charge in [-0.15, -0.1) is 0 Å². The van der Waals surface area contributed by atoms with Crippen LogP contribution in [-0.2, 0) is 11.3 Å². The lowest BCUT2D eigenvalue weighted by molar-refractivity contribution is 0.181. The van der Waals surface area contributed by atoms with E-state index in [2.05, 4.69) is 41.0 Å². The minimum Gasteiger partial charge on any atom is -0.383 e. The van der Waals surface area contributed by atoms with Crippen molar-refractivity contribution in [1.29, 1.82) is 0 Å². The van der Waals surface area contributed by atoms with Gasteiger partial charge in [0, 0.05) is 37.7 Å². The van der Waals surface area contributed by atoms with Gasteiger partial charge < -0.3 is 15.0 Å². The van der Waals surface area contributed by atoms with Crippen LogP contribution in [0.15, 0.2) is 6.20 Å². The summed E-state index contributed by atoms with van der Waals surface area (Å²) in [7, 11) is 1.72. The Morgan fingerprint density at radius 3 is 2.68 bits per heavy atom. The summed E-state index contributed by atoms with van der Waals surface area (Å²) in [6.07, 6.45) is 1.92. The van der Waals surface area contributed by atoms with Gasteiger partial charge in [-0.3, -0.25) is 0 Å². The minimum absolute atomic E-state index is 0.272. The lowest BCUT2D eigenvalue weighted by Gasteiger charge is -2.27. The quantitative estimate of drug-likeness (QED) is 0.777. The lowest BCUT2D eigenvalue weighted by Crippen LogP contribution is -2.37. The summed E-state index contributed by atoms with van der Waals surface area (Å²) < 4.78 is 5.21. The van der Waals surface area contributed by atoms with Crippen LogP contribution in [0.2, 0.25) is 0 Å². The predicted molar refractivity (Wildman–Crippen MR) is 78.5 cm³/mol. The van der Waals surface area contributed by atoms with Gasteiger partial charge in [0.1, 0.15) is 0 Å². The van der Waals surface area contributed by atoms with Crippen molar-refractivity contribution in [2.24, 2.45) is 0 Å². The molecule has 0 saturated heterocycles. The average Bonchev–Trinajstić information content (AvgIpc) is 2.39. The Hall–Kier alpha value is -1.20. The molecular formula is C14H26N4O. The zero-order valence-electron chi connectivity index (χ0n) is 12.7. The Balaban J connectivity index is 2.85. The van der Waals surface area contributed by atoms with Crippen molar-refractivity contribution in [3.8, 4) is 0 Å². The third kappa shape index (κ3) is 4.44. The van der Waals surface area contributed by atoms with Crippen LogP contribution < -0.4 is 10.2 Å². The standard InChI is InChI=1S/C14H26N4O/c1-6-15-8-13-9-16-14(17-12(13)4)18(7-2)11(3)10-19-5/h9,11,15H,6-8,10H2,1-5H3. The molecule has 1 heterocycles. The van der Waals surface area contributed by atoms with E-state index in [1.54, 1.807) is 7.11 Å². The van der Waals surface area contributed by atoms with Crippen molar-refractivity contribution in [2.45, 2.75) is 40.3 Å². The number of anilines is 1. The molecule has 19 heavy (non-hydrogen) atoms. The highest BCUT2D eigenvalue weighted by molar-refractivity contribution is 5.34. The van der Waals surface area contributed by atoms with Gasteiger partial charge in [-0.25, -0.2) is 9.97 Å². The molecule has 0 amide bonds. The topological polar surface area (TPSA) is 50.3 Å². The third-order valence-electron chi connectivity index (χ3n) is 3.17. The number of hydrogen-bond acceptors (Lipinski definition) is 5. The van der Waals surface area contributed by atoms with Crippen LogP contribution in [0.4, 0.5) is 5.95 Å². The second-order valence-electron chi connectivity index (χ2n) is 4.65. The second kappa shape index (κ2) is 8.07. The summed E-state index contributed by atoms with van der Waals surface area (Å²) in [4.78, 5) is 11.3. The maximum absolute atomic E-state index is 5.21. The summed E-state index contributed by atoms with van der Waals surface area (Å²) in [6, 6.07) is 0.272. The molecule has 1 unspecified atom stereocenters. The first-order chi connectivity index (χ1) is 9.13. The number of nitrogens with one attached hydrogen (secondary N) is 1. The van der Waals surface area contributed by atoms with Crippen LogP contribution in [0.3, 0.4) is 0 Å². The number of ether oxygens (including phenoxy) is 1. The highest BCUT2D eigenvalue weighted by Gasteiger charge is 2.16. The summed E-state index contributed by atoms with van der Waals surface area (Å²) in [5.74, 6) is 0.782. The van der Waals surface area contributed by atoms with Gasteiger partial charge in [-0.05, 0) is 27.3 Å². The van der Waals surface area contributed by atoms with Crippen LogP contribution in [0.5, 0.6) is 0 Å². The molecule has 0 fully saturated rings. The first-order valence-electron chi connectivity index (χ1n) is 6.92. The first-order valence-corrected chi connectivity index (χ1v) is 6.92. The largest absolute Gasteiger partial charge is 0.383 e. The van der Waals surface area contributed by atoms with Crippen molar-refractivity contribution in [3.05, 3.63) is 17.5 Å². The van der Waals surface area contributed by atoms with Crippen molar-refractivity contribution in [3.63, 3.8) is 0 Å². The van der Waals surface area contributed by atoms with Gasteiger partial charge in [0.2, 0.25) is 5.95 Å². The number of likely N-dealkylation sites (N-methyl/N-ethyl adjacent to an activating group) is 1. The number of aryl methyl sites for hydroxylation is 1. The molecule has 5 heteroatoms. The summed E-state index contributed by atoms with van der Waals surface area (Å²) in [5, 5.41) is 3.30. The Labute approximate surface area is 116 Å². The molecular weight excluding hydrogens is 240 g/mol. The summed E-state index contributed by atoms with van der Waals surface area (Å²) in [5.41, 5.74) is 2.19. The highest BCUT2D eigenvalue weighted by atomic mass is 16.5. The normalized spacial score (nSPS) is 12.5. The first kappa shape index (κ1) is 15.9. The number of nitrogens with zero attached hydrogens (tertiary/aromatic N) is 3. The van der Waals surface area contributed by atoms with E-state index in [9.17, 15) is 0 Å². The van der Waals surface area contributed by atoms with E-state index >= 15 is 0 Å². The van der Waals surface area contributed by atoms with Crippen LogP contribution in [0, 0.1) is 6.92 Å². The lowest BCUT2D eigenvalue weighted by atomic mass is 10.2. The molecule has 0 aliphatic heterocycles. The van der Waals surface area contributed by atoms with E-state index < -0.39 is 0 Å². The van der Waals surface area contributed by atoms with Crippen LogP contribution >= 0.6 is 0 Å². The zero-order valence-corrected chi connectivity index (χ0v) is 12.7. The van der Waals surface area contributed by atoms with E-state index in [0.29, 0.717) is 6.61 Å². The second-order valence-corrected chi connectivity index (χ2v) is 4.65. The molecule has 0 spiro atoms. The molecule has 0 aliphatic rings. The number of aromatic nitrogens is 2. The molecule has 0 aliphatic carbocycles. The fourth-order valence-electron chi connectivity index (χ4n) is 2.03. The van der Waals surface area contributed by atoms with E-state index in [0.717, 1.165) is 36.8 Å². The predicted octanol–water partition coefficient (Wildman–Crippen LogP) is 1.76. The van der Waals surface area contributed by atoms with Gasteiger partial charge in [-0.1, -0.05) is 6.92 Å². The molecule has 5 nitrogen and oxygen atoms in total. The van der Waals surface area contributed by atoms with E-state index in [1.807, 2.05) is 13.1 Å². The molecule has 108 valence electrons. The Morgan fingerprint density at radius 1 is 1.42 bits per heavy atom. The number of methoxy groups -OCH3 is 1. The fourth-order valence-corrected chi connectivity index (χ4v) is 2.03. The maximum atomic E-state index is 5.21. The van der Waals surface area contributed by atoms with Gasteiger partial charge in [-0.2, -0.15) is 0 Å². The average molecular weight is 266 g/mol. The highest BCUT2D eigenvalue weighted by Crippen LogP contribution is 2.14. The molecule has 0 saturated carbocycles. The Kier molecular flexibility index (Phi) is 6.73. The molecule has 1 atom stereocenters. The molecule has 1 N–H and O–H groups in total. The van der Waals surface area contributed by atoms with Crippen molar-refractivity contribution < 1.29 is 4.74 Å². The molecule has 0 aromatic carbocycles. The zero-order chi connectivity index (χ0) is 14.3. The van der Waals surface area contributed by atoms with Gasteiger partial charge in [0.05, 0.1) is 12.6 Å². The minimum atomic E-state index is 0.272. The Morgan fingerprint density at radius 2 is 2.16 bits per heavy atom. The van der Waals surface area contributed by atoms with E-state index in [1.165, 1.54) is 0 Å². The molecule has 1 aromatic heterocycles. The van der Waals surface area contributed by atoms with Gasteiger partial charge in [0.15, 0.2) is 0 Å². The van der Waals surface area contributed by atoms with Gasteiger partial charge in [0.25, 0.3) is 0 Å². The number of hydrogen-bond donors (Lipinski definition) is 1. The monoisotopic (exact) mass is 266 g/mol. The third-order valence-corrected chi connectivity index (χ3v) is 3.17. The smallest absolute Gasteiger partial charge is 0.225 e. The molecule has 0 bridgehead atoms. The molecule has 1 rings (SSSR count). The maximum Gasteiger partial charge on any atom is 0.225 e. The summed E-state index contributed by atoms with van der Waals surface area (Å²) in [6.45, 7) is 11.7. The van der Waals surface area contributed by atoms with Crippen LogP contribution in [0.1, 0.15) is 32.0 Å². The van der Waals surface area contributed by atoms with Gasteiger partial charge >= 0.3 is 0 Å². The fraction of sp³-hybridized carbons (Fsp3) is 0.714. The van der Waals surface area contributed by atoms with Crippen LogP contribution in [0.25, 0.3) is 0 Å². The number of rotatable bonds is 8. The molecule has 0 radical (unpaired) electrons. The van der Waals surface area contributed by atoms with E-state index in [-0.39, 0.29) is 6.04 Å². The van der Waals surface area contributed by atoms with Crippen molar-refractivity contribution in [1.82, 2.24) is 15.3 Å². The van der Waals surface area contributed by atoms with Crippen molar-refractivity contribution >= 4 is 5.95 Å². The SMILES string of the molecule is CCNCc1cnc(N(CC)C(C)COC)nc1C. The van der Waals surface area contributed by atoms with Crippen LogP contribution in [-0.4, -0.2) is 42.8 Å². The molecule has 1 aromatic rings.